The van der Waals surface area contributed by atoms with Crippen molar-refractivity contribution in [3.05, 3.63) is 34.9 Å². The molecule has 1 saturated heterocycles. The summed E-state index contributed by atoms with van der Waals surface area (Å²) in [4.78, 5) is 2.42. The lowest BCUT2D eigenvalue weighted by atomic mass is 9.99. The standard InChI is InChI=1S/C17H28N2O/c1-4-19(11-15-6-5-9-20-15)12-17(18)16-10-13(2)7-8-14(16)3/h7-8,10,15,17H,4-6,9,11-12,18H2,1-3H3. The van der Waals surface area contributed by atoms with E-state index in [1.807, 2.05) is 0 Å². The van der Waals surface area contributed by atoms with E-state index in [-0.39, 0.29) is 6.04 Å². The van der Waals surface area contributed by atoms with Gasteiger partial charge in [0.15, 0.2) is 0 Å². The van der Waals surface area contributed by atoms with Crippen molar-refractivity contribution in [1.82, 2.24) is 4.90 Å². The fraction of sp³-hybridized carbons (Fsp3) is 0.647. The van der Waals surface area contributed by atoms with E-state index in [1.54, 1.807) is 0 Å². The molecular weight excluding hydrogens is 248 g/mol. The molecule has 112 valence electrons. The maximum atomic E-state index is 6.43. The lowest BCUT2D eigenvalue weighted by Gasteiger charge is -2.27. The molecule has 2 rings (SSSR count). The summed E-state index contributed by atoms with van der Waals surface area (Å²) in [6.45, 7) is 10.3. The lowest BCUT2D eigenvalue weighted by Crippen LogP contribution is -2.37. The summed E-state index contributed by atoms with van der Waals surface area (Å²) in [6, 6.07) is 6.62. The molecule has 2 unspecified atom stereocenters. The highest BCUT2D eigenvalue weighted by atomic mass is 16.5. The highest BCUT2D eigenvalue weighted by molar-refractivity contribution is 5.33. The van der Waals surface area contributed by atoms with Gasteiger partial charge in [-0.3, -0.25) is 4.90 Å². The van der Waals surface area contributed by atoms with Crippen LogP contribution in [0, 0.1) is 13.8 Å². The lowest BCUT2D eigenvalue weighted by molar-refractivity contribution is 0.0729. The Morgan fingerprint density at radius 3 is 2.85 bits per heavy atom. The third-order valence-electron chi connectivity index (χ3n) is 4.22. The van der Waals surface area contributed by atoms with E-state index in [0.29, 0.717) is 6.10 Å². The Kier molecular flexibility index (Phi) is 5.58. The van der Waals surface area contributed by atoms with Gasteiger partial charge in [0.2, 0.25) is 0 Å². The minimum Gasteiger partial charge on any atom is -0.377 e. The molecule has 0 spiro atoms. The molecule has 1 aromatic rings. The van der Waals surface area contributed by atoms with Crippen molar-refractivity contribution in [2.45, 2.75) is 45.8 Å². The van der Waals surface area contributed by atoms with E-state index >= 15 is 0 Å². The average molecular weight is 276 g/mol. The van der Waals surface area contributed by atoms with Gasteiger partial charge in [-0.2, -0.15) is 0 Å². The van der Waals surface area contributed by atoms with Gasteiger partial charge in [0.1, 0.15) is 0 Å². The zero-order valence-electron chi connectivity index (χ0n) is 13.1. The molecular formula is C17H28N2O. The van der Waals surface area contributed by atoms with E-state index in [1.165, 1.54) is 29.5 Å². The predicted molar refractivity (Wildman–Crippen MR) is 83.9 cm³/mol. The number of rotatable bonds is 6. The van der Waals surface area contributed by atoms with Crippen molar-refractivity contribution >= 4 is 0 Å². The van der Waals surface area contributed by atoms with Crippen LogP contribution in [-0.4, -0.2) is 37.2 Å². The minimum absolute atomic E-state index is 0.0799. The SMILES string of the molecule is CCN(CC1CCCO1)CC(N)c1cc(C)ccc1C. The summed E-state index contributed by atoms with van der Waals surface area (Å²) >= 11 is 0. The number of likely N-dealkylation sites (N-methyl/N-ethyl adjacent to an activating group) is 1. The van der Waals surface area contributed by atoms with Crippen molar-refractivity contribution in [2.75, 3.05) is 26.2 Å². The molecule has 1 aliphatic rings. The molecule has 0 bridgehead atoms. The van der Waals surface area contributed by atoms with Crippen LogP contribution in [0.3, 0.4) is 0 Å². The summed E-state index contributed by atoms with van der Waals surface area (Å²) in [5, 5.41) is 0. The van der Waals surface area contributed by atoms with E-state index in [9.17, 15) is 0 Å². The molecule has 1 heterocycles. The summed E-state index contributed by atoms with van der Waals surface area (Å²) in [5.41, 5.74) is 10.3. The molecule has 2 N–H and O–H groups in total. The second-order valence-corrected chi connectivity index (χ2v) is 5.95. The van der Waals surface area contributed by atoms with Crippen molar-refractivity contribution in [3.63, 3.8) is 0 Å². The first kappa shape index (κ1) is 15.5. The van der Waals surface area contributed by atoms with Crippen molar-refractivity contribution < 1.29 is 4.74 Å². The topological polar surface area (TPSA) is 38.5 Å². The van der Waals surface area contributed by atoms with Gasteiger partial charge in [-0.25, -0.2) is 0 Å². The summed E-state index contributed by atoms with van der Waals surface area (Å²) in [6.07, 6.45) is 2.79. The molecule has 3 heteroatoms. The van der Waals surface area contributed by atoms with Gasteiger partial charge in [-0.1, -0.05) is 30.7 Å². The normalized spacial score (nSPS) is 20.6. The second kappa shape index (κ2) is 7.21. The molecule has 2 atom stereocenters. The molecule has 20 heavy (non-hydrogen) atoms. The van der Waals surface area contributed by atoms with Crippen LogP contribution in [0.2, 0.25) is 0 Å². The zero-order valence-corrected chi connectivity index (χ0v) is 13.1. The number of ether oxygens (including phenoxy) is 1. The molecule has 0 amide bonds. The van der Waals surface area contributed by atoms with Gasteiger partial charge in [-0.05, 0) is 44.4 Å². The average Bonchev–Trinajstić information content (AvgIpc) is 2.93. The van der Waals surface area contributed by atoms with E-state index in [0.717, 1.165) is 26.2 Å². The number of nitrogens with two attached hydrogens (primary N) is 1. The Morgan fingerprint density at radius 2 is 2.20 bits per heavy atom. The fourth-order valence-electron chi connectivity index (χ4n) is 2.94. The van der Waals surface area contributed by atoms with E-state index in [2.05, 4.69) is 43.9 Å². The van der Waals surface area contributed by atoms with Gasteiger partial charge in [0.25, 0.3) is 0 Å². The molecule has 0 saturated carbocycles. The Hall–Kier alpha value is -0.900. The summed E-state index contributed by atoms with van der Waals surface area (Å²) in [7, 11) is 0. The minimum atomic E-state index is 0.0799. The second-order valence-electron chi connectivity index (χ2n) is 5.95. The first-order valence-electron chi connectivity index (χ1n) is 7.76. The van der Waals surface area contributed by atoms with Crippen LogP contribution >= 0.6 is 0 Å². The molecule has 1 fully saturated rings. The number of benzene rings is 1. The van der Waals surface area contributed by atoms with Gasteiger partial charge < -0.3 is 10.5 Å². The van der Waals surface area contributed by atoms with E-state index in [4.69, 9.17) is 10.5 Å². The van der Waals surface area contributed by atoms with Crippen molar-refractivity contribution in [1.29, 1.82) is 0 Å². The molecule has 0 aliphatic carbocycles. The van der Waals surface area contributed by atoms with Crippen LogP contribution in [0.1, 0.15) is 42.5 Å². The van der Waals surface area contributed by atoms with Crippen LogP contribution in [0.15, 0.2) is 18.2 Å². The van der Waals surface area contributed by atoms with Gasteiger partial charge >= 0.3 is 0 Å². The molecule has 0 aromatic heterocycles. The van der Waals surface area contributed by atoms with Crippen LogP contribution < -0.4 is 5.73 Å². The first-order valence-corrected chi connectivity index (χ1v) is 7.76. The van der Waals surface area contributed by atoms with Gasteiger partial charge in [0, 0.05) is 25.7 Å². The monoisotopic (exact) mass is 276 g/mol. The quantitative estimate of drug-likeness (QED) is 0.868. The predicted octanol–water partition coefficient (Wildman–Crippen LogP) is 2.80. The molecule has 1 aliphatic heterocycles. The largest absolute Gasteiger partial charge is 0.377 e. The number of aryl methyl sites for hydroxylation is 2. The highest BCUT2D eigenvalue weighted by Crippen LogP contribution is 2.20. The Labute approximate surface area is 123 Å². The Balaban J connectivity index is 1.97. The Bertz CT molecular complexity index is 427. The first-order chi connectivity index (χ1) is 9.60. The number of hydrogen-bond donors (Lipinski definition) is 1. The van der Waals surface area contributed by atoms with Crippen LogP contribution in [-0.2, 0) is 4.74 Å². The molecule has 3 nitrogen and oxygen atoms in total. The highest BCUT2D eigenvalue weighted by Gasteiger charge is 2.20. The van der Waals surface area contributed by atoms with Crippen LogP contribution in [0.4, 0.5) is 0 Å². The van der Waals surface area contributed by atoms with Crippen LogP contribution in [0.5, 0.6) is 0 Å². The smallest absolute Gasteiger partial charge is 0.0702 e. The fourth-order valence-corrected chi connectivity index (χ4v) is 2.94. The number of nitrogens with zero attached hydrogens (tertiary/aromatic N) is 1. The maximum Gasteiger partial charge on any atom is 0.0702 e. The van der Waals surface area contributed by atoms with Gasteiger partial charge in [0.05, 0.1) is 6.10 Å². The maximum absolute atomic E-state index is 6.43. The molecule has 0 radical (unpaired) electrons. The zero-order chi connectivity index (χ0) is 14.5. The summed E-state index contributed by atoms with van der Waals surface area (Å²) < 4.78 is 5.73. The van der Waals surface area contributed by atoms with Gasteiger partial charge in [-0.15, -0.1) is 0 Å². The van der Waals surface area contributed by atoms with Crippen molar-refractivity contribution in [2.24, 2.45) is 5.73 Å². The number of hydrogen-bond acceptors (Lipinski definition) is 3. The third-order valence-corrected chi connectivity index (χ3v) is 4.22. The molecule has 1 aromatic carbocycles. The Morgan fingerprint density at radius 1 is 1.40 bits per heavy atom. The van der Waals surface area contributed by atoms with Crippen LogP contribution in [0.25, 0.3) is 0 Å². The van der Waals surface area contributed by atoms with Crippen molar-refractivity contribution in [3.8, 4) is 0 Å². The van der Waals surface area contributed by atoms with E-state index < -0.39 is 0 Å². The third kappa shape index (κ3) is 4.05. The summed E-state index contributed by atoms with van der Waals surface area (Å²) in [5.74, 6) is 0.